The number of phenols is 1. The number of aryl methyl sites for hydroxylation is 1. The van der Waals surface area contributed by atoms with Gasteiger partial charge in [0.1, 0.15) is 11.5 Å². The van der Waals surface area contributed by atoms with Crippen molar-refractivity contribution < 1.29 is 9.90 Å². The quantitative estimate of drug-likeness (QED) is 0.827. The van der Waals surface area contributed by atoms with Gasteiger partial charge in [-0.3, -0.25) is 4.79 Å². The summed E-state index contributed by atoms with van der Waals surface area (Å²) in [4.78, 5) is 10.2. The summed E-state index contributed by atoms with van der Waals surface area (Å²) in [6, 6.07) is 7.31. The zero-order chi connectivity index (χ0) is 11.7. The van der Waals surface area contributed by atoms with E-state index in [4.69, 9.17) is 5.11 Å². The summed E-state index contributed by atoms with van der Waals surface area (Å²) in [5.74, 6) is 0.698. The van der Waals surface area contributed by atoms with Gasteiger partial charge < -0.3 is 5.11 Å². The molecule has 0 fully saturated rings. The first-order valence-corrected chi connectivity index (χ1v) is 5.43. The summed E-state index contributed by atoms with van der Waals surface area (Å²) in [7, 11) is 0. The molecule has 2 nitrogen and oxygen atoms in total. The molecule has 0 saturated heterocycles. The van der Waals surface area contributed by atoms with Crippen molar-refractivity contribution in [1.29, 1.82) is 0 Å². The van der Waals surface area contributed by atoms with Crippen LogP contribution in [0.15, 0.2) is 24.3 Å². The number of ketones is 1. The zero-order valence-electron chi connectivity index (χ0n) is 9.79. The Hall–Kier alpha value is -1.31. The van der Waals surface area contributed by atoms with Gasteiger partial charge in [-0.25, -0.2) is 0 Å². The summed E-state index contributed by atoms with van der Waals surface area (Å²) in [6.07, 6.45) is 2.36. The maximum absolute atomic E-state index is 10.2. The molecule has 0 heterocycles. The topological polar surface area (TPSA) is 37.3 Å². The number of rotatable bonds is 3. The summed E-state index contributed by atoms with van der Waals surface area (Å²) in [5, 5.41) is 8.94. The van der Waals surface area contributed by atoms with Crippen LogP contribution in [0.3, 0.4) is 0 Å². The van der Waals surface area contributed by atoms with E-state index < -0.39 is 0 Å². The molecule has 15 heavy (non-hydrogen) atoms. The van der Waals surface area contributed by atoms with Crippen LogP contribution in [0, 0.1) is 0 Å². The Morgan fingerprint density at radius 2 is 1.80 bits per heavy atom. The van der Waals surface area contributed by atoms with Gasteiger partial charge in [-0.05, 0) is 24.1 Å². The van der Waals surface area contributed by atoms with Crippen molar-refractivity contribution >= 4 is 5.78 Å². The van der Waals surface area contributed by atoms with Crippen LogP contribution >= 0.6 is 0 Å². The average Bonchev–Trinajstić information content (AvgIpc) is 2.28. The van der Waals surface area contributed by atoms with Crippen molar-refractivity contribution in [2.45, 2.75) is 40.0 Å². The number of benzene rings is 1. The third kappa shape index (κ3) is 6.72. The Morgan fingerprint density at radius 1 is 1.20 bits per heavy atom. The molecule has 0 amide bonds. The van der Waals surface area contributed by atoms with Gasteiger partial charge in [-0.2, -0.15) is 0 Å². The molecule has 0 unspecified atom stereocenters. The molecule has 0 bridgehead atoms. The van der Waals surface area contributed by atoms with Gasteiger partial charge in [0.25, 0.3) is 0 Å². The van der Waals surface area contributed by atoms with Gasteiger partial charge in [0.15, 0.2) is 0 Å². The number of carbonyl (C=O) groups is 1. The minimum absolute atomic E-state index is 0.343. The van der Waals surface area contributed by atoms with E-state index in [1.807, 2.05) is 26.0 Å². The molecule has 1 N–H and O–H groups in total. The first-order valence-electron chi connectivity index (χ1n) is 5.43. The van der Waals surface area contributed by atoms with Crippen molar-refractivity contribution in [3.63, 3.8) is 0 Å². The molecule has 0 saturated carbocycles. The predicted octanol–water partition coefficient (Wildman–Crippen LogP) is 3.33. The number of hydrogen-bond donors (Lipinski definition) is 1. The zero-order valence-corrected chi connectivity index (χ0v) is 9.79. The van der Waals surface area contributed by atoms with E-state index in [1.165, 1.54) is 5.56 Å². The second-order valence-corrected chi connectivity index (χ2v) is 3.27. The highest BCUT2D eigenvalue weighted by Crippen LogP contribution is 2.10. The molecule has 84 valence electrons. The van der Waals surface area contributed by atoms with Crippen LogP contribution in [0.4, 0.5) is 0 Å². The molecule has 0 spiro atoms. The van der Waals surface area contributed by atoms with Crippen LogP contribution in [-0.4, -0.2) is 10.9 Å². The molecule has 0 aliphatic carbocycles. The molecule has 0 aliphatic rings. The monoisotopic (exact) mass is 208 g/mol. The Kier molecular flexibility index (Phi) is 7.33. The largest absolute Gasteiger partial charge is 0.508 e. The van der Waals surface area contributed by atoms with Crippen molar-refractivity contribution in [2.75, 3.05) is 0 Å². The van der Waals surface area contributed by atoms with Crippen LogP contribution in [0.5, 0.6) is 5.75 Å². The van der Waals surface area contributed by atoms with Gasteiger partial charge in [-0.15, -0.1) is 0 Å². The maximum Gasteiger partial charge on any atom is 0.132 e. The van der Waals surface area contributed by atoms with Gasteiger partial charge in [0, 0.05) is 12.8 Å². The Morgan fingerprint density at radius 3 is 2.07 bits per heavy atom. The van der Waals surface area contributed by atoms with Crippen molar-refractivity contribution in [2.24, 2.45) is 0 Å². The summed E-state index contributed by atoms with van der Waals surface area (Å²) >= 11 is 0. The number of Topliss-reactive ketones (excluding diaryl/α,β-unsaturated/α-hetero) is 1. The molecule has 1 rings (SSSR count). The van der Waals surface area contributed by atoms with Crippen molar-refractivity contribution in [1.82, 2.24) is 0 Å². The Bertz CT molecular complexity index is 286. The summed E-state index contributed by atoms with van der Waals surface area (Å²) < 4.78 is 0. The molecule has 2 heteroatoms. The number of aromatic hydroxyl groups is 1. The van der Waals surface area contributed by atoms with E-state index in [-0.39, 0.29) is 0 Å². The number of phenolic OH excluding ortho intramolecular Hbond substituents is 1. The lowest BCUT2D eigenvalue weighted by Gasteiger charge is -1.94. The molecule has 1 aromatic rings. The van der Waals surface area contributed by atoms with E-state index in [9.17, 15) is 4.79 Å². The Labute approximate surface area is 91.9 Å². The van der Waals surface area contributed by atoms with Crippen molar-refractivity contribution in [3.05, 3.63) is 29.8 Å². The number of hydrogen-bond acceptors (Lipinski definition) is 2. The molecule has 0 aliphatic heterocycles. The molecule has 0 aromatic heterocycles. The van der Waals surface area contributed by atoms with Crippen LogP contribution < -0.4 is 0 Å². The standard InChI is InChI=1S/C8H10O.C5H10O/c1-2-7-4-3-5-8(9)6-7;1-3-5(6)4-2/h3-6,9H,2H2,1H3;3-4H2,1-2H3. The van der Waals surface area contributed by atoms with Crippen LogP contribution in [0.1, 0.15) is 39.2 Å². The lowest BCUT2D eigenvalue weighted by Crippen LogP contribution is -1.88. The first kappa shape index (κ1) is 13.7. The van der Waals surface area contributed by atoms with Gasteiger partial charge in [-0.1, -0.05) is 32.9 Å². The van der Waals surface area contributed by atoms with E-state index in [0.717, 1.165) is 6.42 Å². The lowest BCUT2D eigenvalue weighted by atomic mass is 10.2. The third-order valence-electron chi connectivity index (χ3n) is 2.11. The fourth-order valence-electron chi connectivity index (χ4n) is 1.03. The van der Waals surface area contributed by atoms with Crippen molar-refractivity contribution in [3.8, 4) is 5.75 Å². The fourth-order valence-corrected chi connectivity index (χ4v) is 1.03. The minimum atomic E-state index is 0.343. The van der Waals surface area contributed by atoms with Gasteiger partial charge in [0.05, 0.1) is 0 Å². The van der Waals surface area contributed by atoms with E-state index in [1.54, 1.807) is 12.1 Å². The van der Waals surface area contributed by atoms with Crippen LogP contribution in [0.25, 0.3) is 0 Å². The molecular weight excluding hydrogens is 188 g/mol. The van der Waals surface area contributed by atoms with E-state index >= 15 is 0 Å². The summed E-state index contributed by atoms with van der Waals surface area (Å²) in [5.41, 5.74) is 1.18. The van der Waals surface area contributed by atoms with E-state index in [0.29, 0.717) is 24.4 Å². The Balaban J connectivity index is 0.000000288. The highest BCUT2D eigenvalue weighted by molar-refractivity contribution is 5.77. The lowest BCUT2D eigenvalue weighted by molar-refractivity contribution is -0.118. The normalized spacial score (nSPS) is 9.00. The minimum Gasteiger partial charge on any atom is -0.508 e. The third-order valence-corrected chi connectivity index (χ3v) is 2.11. The molecule has 0 atom stereocenters. The fraction of sp³-hybridized carbons (Fsp3) is 0.462. The maximum atomic E-state index is 10.2. The second kappa shape index (κ2) is 8.04. The van der Waals surface area contributed by atoms with E-state index in [2.05, 4.69) is 6.92 Å². The van der Waals surface area contributed by atoms with Gasteiger partial charge in [0.2, 0.25) is 0 Å². The average molecular weight is 208 g/mol. The summed E-state index contributed by atoms with van der Waals surface area (Å²) in [6.45, 7) is 5.83. The number of carbonyl (C=O) groups excluding carboxylic acids is 1. The molecule has 0 radical (unpaired) electrons. The van der Waals surface area contributed by atoms with Crippen LogP contribution in [0.2, 0.25) is 0 Å². The SMILES string of the molecule is CCC(=O)CC.CCc1cccc(O)c1. The molecular formula is C13H20O2. The second-order valence-electron chi connectivity index (χ2n) is 3.27. The first-order chi connectivity index (χ1) is 7.13. The van der Waals surface area contributed by atoms with Gasteiger partial charge >= 0.3 is 0 Å². The predicted molar refractivity (Wildman–Crippen MR) is 63.1 cm³/mol. The van der Waals surface area contributed by atoms with Crippen LogP contribution in [-0.2, 0) is 11.2 Å². The molecule has 1 aromatic carbocycles. The highest BCUT2D eigenvalue weighted by Gasteiger charge is 1.88. The smallest absolute Gasteiger partial charge is 0.132 e. The highest BCUT2D eigenvalue weighted by atomic mass is 16.3.